The van der Waals surface area contributed by atoms with Gasteiger partial charge in [-0.3, -0.25) is 4.79 Å². The highest BCUT2D eigenvalue weighted by Crippen LogP contribution is 2.31. The number of nitrogens with two attached hydrogens (primary N) is 1. The number of nitrogens with zero attached hydrogens (tertiary/aromatic N) is 2. The topological polar surface area (TPSA) is 70.8 Å². The summed E-state index contributed by atoms with van der Waals surface area (Å²) in [6.45, 7) is 12.5. The van der Waals surface area contributed by atoms with E-state index in [-0.39, 0.29) is 11.3 Å². The molecule has 1 amide bonds. The average Bonchev–Trinajstić information content (AvgIpc) is 2.92. The fraction of sp³-hybridized carbons (Fsp3) is 0.406. The molecule has 3 N–H and O–H groups in total. The van der Waals surface area contributed by atoms with Gasteiger partial charge in [0, 0.05) is 49.5 Å². The fourth-order valence-electron chi connectivity index (χ4n) is 4.87. The first-order valence-electron chi connectivity index (χ1n) is 14.0. The number of benzene rings is 3. The van der Waals surface area contributed by atoms with E-state index >= 15 is 0 Å². The summed E-state index contributed by atoms with van der Waals surface area (Å²) in [6.07, 6.45) is 0.587. The van der Waals surface area contributed by atoms with Crippen molar-refractivity contribution in [3.05, 3.63) is 83.9 Å². The highest BCUT2D eigenvalue weighted by molar-refractivity contribution is 6.80. The minimum atomic E-state index is -1.72. The van der Waals surface area contributed by atoms with Crippen LogP contribution in [0.15, 0.2) is 72.8 Å². The Bertz CT molecular complexity index is 1220. The Hall–Kier alpha value is -3.13. The van der Waals surface area contributed by atoms with Gasteiger partial charge in [-0.15, -0.1) is 0 Å². The van der Waals surface area contributed by atoms with Gasteiger partial charge in [-0.2, -0.15) is 0 Å². The van der Waals surface area contributed by atoms with E-state index < -0.39 is 15.3 Å². The molecule has 1 radical (unpaired) electrons. The molecule has 1 aliphatic rings. The number of piperazine rings is 1. The standard InChI is InChI=1S/C32H43N4O2Si/c1-6-10-30(37)34-31(28-23-25(33)15-18-29(28)36-21-19-35(5)20-22-36)38-39(26-11-8-7-9-12-26)27-16-13-24(14-17-27)32(2,3)4/h7-9,11-18,23,31H,6,10,19-22,33H2,1-5H3,(H,34,37). The van der Waals surface area contributed by atoms with E-state index in [0.717, 1.165) is 54.2 Å². The van der Waals surface area contributed by atoms with Crippen LogP contribution in [0.2, 0.25) is 0 Å². The minimum absolute atomic E-state index is 0.0215. The zero-order chi connectivity index (χ0) is 28.0. The number of hydrogen-bond donors (Lipinski definition) is 2. The number of rotatable bonds is 9. The van der Waals surface area contributed by atoms with Crippen molar-refractivity contribution in [2.24, 2.45) is 0 Å². The molecular weight excluding hydrogens is 500 g/mol. The molecule has 6 nitrogen and oxygen atoms in total. The van der Waals surface area contributed by atoms with Gasteiger partial charge in [0.2, 0.25) is 5.91 Å². The number of amides is 1. The lowest BCUT2D eigenvalue weighted by Crippen LogP contribution is -2.49. The number of carbonyl (C=O) groups is 1. The summed E-state index contributed by atoms with van der Waals surface area (Å²) in [6, 6.07) is 25.1. The van der Waals surface area contributed by atoms with Crippen LogP contribution in [-0.2, 0) is 14.6 Å². The second-order valence-electron chi connectivity index (χ2n) is 11.4. The summed E-state index contributed by atoms with van der Waals surface area (Å²) in [5, 5.41) is 5.50. The number of carbonyl (C=O) groups excluding carboxylic acids is 1. The van der Waals surface area contributed by atoms with Gasteiger partial charge in [0.05, 0.1) is 0 Å². The molecule has 1 unspecified atom stereocenters. The largest absolute Gasteiger partial charge is 0.399 e. The Morgan fingerprint density at radius 3 is 2.23 bits per heavy atom. The molecular formula is C32H43N4O2Si. The third-order valence-electron chi connectivity index (χ3n) is 7.23. The maximum absolute atomic E-state index is 13.0. The van der Waals surface area contributed by atoms with Crippen LogP contribution in [0.1, 0.15) is 57.9 Å². The highest BCUT2D eigenvalue weighted by atomic mass is 28.3. The van der Waals surface area contributed by atoms with Crippen molar-refractivity contribution in [2.45, 2.75) is 52.2 Å². The lowest BCUT2D eigenvalue weighted by Gasteiger charge is -2.37. The third-order valence-corrected chi connectivity index (χ3v) is 9.42. The molecule has 1 aliphatic heterocycles. The van der Waals surface area contributed by atoms with Crippen LogP contribution >= 0.6 is 0 Å². The van der Waals surface area contributed by atoms with Gasteiger partial charge in [-0.05, 0) is 53.0 Å². The van der Waals surface area contributed by atoms with E-state index in [2.05, 4.69) is 85.4 Å². The second kappa shape index (κ2) is 12.8. The Labute approximate surface area is 235 Å². The first-order valence-corrected chi connectivity index (χ1v) is 15.4. The normalized spacial score (nSPS) is 15.4. The molecule has 0 aromatic heterocycles. The molecule has 207 valence electrons. The number of hydrogen-bond acceptors (Lipinski definition) is 5. The van der Waals surface area contributed by atoms with Crippen LogP contribution in [0.3, 0.4) is 0 Å². The molecule has 1 saturated heterocycles. The molecule has 1 atom stereocenters. The predicted octanol–water partition coefficient (Wildman–Crippen LogP) is 4.06. The monoisotopic (exact) mass is 543 g/mol. The summed E-state index contributed by atoms with van der Waals surface area (Å²) in [5.74, 6) is -0.0215. The Morgan fingerprint density at radius 1 is 0.974 bits per heavy atom. The van der Waals surface area contributed by atoms with Crippen molar-refractivity contribution in [1.82, 2.24) is 10.2 Å². The van der Waals surface area contributed by atoms with E-state index in [9.17, 15) is 4.79 Å². The molecule has 0 spiro atoms. The van der Waals surface area contributed by atoms with Gasteiger partial charge in [0.25, 0.3) is 9.04 Å². The molecule has 4 rings (SSSR count). The SMILES string of the molecule is CCCC(=O)NC(O[Si](c1ccccc1)c1ccc(C(C)(C)C)cc1)c1cc(N)ccc1N1CCN(C)CC1. The zero-order valence-electron chi connectivity index (χ0n) is 24.0. The molecule has 0 saturated carbocycles. The molecule has 0 aliphatic carbocycles. The van der Waals surface area contributed by atoms with Crippen LogP contribution in [0, 0.1) is 0 Å². The van der Waals surface area contributed by atoms with E-state index in [1.807, 2.05) is 37.3 Å². The summed E-state index contributed by atoms with van der Waals surface area (Å²) in [7, 11) is 0.434. The Kier molecular flexibility index (Phi) is 9.48. The highest BCUT2D eigenvalue weighted by Gasteiger charge is 2.29. The summed E-state index contributed by atoms with van der Waals surface area (Å²) in [5.41, 5.74) is 10.3. The van der Waals surface area contributed by atoms with E-state index in [1.165, 1.54) is 5.56 Å². The van der Waals surface area contributed by atoms with Crippen LogP contribution in [0.4, 0.5) is 11.4 Å². The van der Waals surface area contributed by atoms with Crippen LogP contribution < -0.4 is 26.3 Å². The van der Waals surface area contributed by atoms with Crippen molar-refractivity contribution in [3.8, 4) is 0 Å². The number of likely N-dealkylation sites (N-methyl/N-ethyl adjacent to an activating group) is 1. The van der Waals surface area contributed by atoms with Gasteiger partial charge in [-0.1, -0.05) is 82.3 Å². The van der Waals surface area contributed by atoms with Crippen LogP contribution in [0.25, 0.3) is 0 Å². The molecule has 3 aromatic rings. The summed E-state index contributed by atoms with van der Waals surface area (Å²) in [4.78, 5) is 17.7. The molecule has 3 aromatic carbocycles. The number of anilines is 2. The molecule has 39 heavy (non-hydrogen) atoms. The van der Waals surface area contributed by atoms with Crippen LogP contribution in [-0.4, -0.2) is 53.1 Å². The summed E-state index contributed by atoms with van der Waals surface area (Å²) < 4.78 is 7.04. The first-order chi connectivity index (χ1) is 18.7. The number of nitrogen functional groups attached to an aromatic ring is 1. The smallest absolute Gasteiger partial charge is 0.285 e. The quantitative estimate of drug-likeness (QED) is 0.242. The number of nitrogens with one attached hydrogen (secondary N) is 1. The van der Waals surface area contributed by atoms with Gasteiger partial charge in [0.15, 0.2) is 0 Å². The van der Waals surface area contributed by atoms with Crippen molar-refractivity contribution in [2.75, 3.05) is 43.9 Å². The van der Waals surface area contributed by atoms with Crippen molar-refractivity contribution < 1.29 is 9.22 Å². The second-order valence-corrected chi connectivity index (χ2v) is 13.5. The van der Waals surface area contributed by atoms with Crippen molar-refractivity contribution in [3.63, 3.8) is 0 Å². The Morgan fingerprint density at radius 2 is 1.62 bits per heavy atom. The van der Waals surface area contributed by atoms with Crippen molar-refractivity contribution >= 4 is 36.7 Å². The average molecular weight is 544 g/mol. The van der Waals surface area contributed by atoms with E-state index in [4.69, 9.17) is 10.2 Å². The van der Waals surface area contributed by atoms with Crippen molar-refractivity contribution in [1.29, 1.82) is 0 Å². The van der Waals surface area contributed by atoms with Gasteiger partial charge >= 0.3 is 0 Å². The lowest BCUT2D eigenvalue weighted by molar-refractivity contribution is -0.123. The Balaban J connectivity index is 1.76. The van der Waals surface area contributed by atoms with Gasteiger partial charge < -0.3 is 25.3 Å². The lowest BCUT2D eigenvalue weighted by atomic mass is 9.87. The maximum atomic E-state index is 13.0. The summed E-state index contributed by atoms with van der Waals surface area (Å²) >= 11 is 0. The maximum Gasteiger partial charge on any atom is 0.285 e. The first kappa shape index (κ1) is 28.9. The fourth-order valence-corrected chi connectivity index (χ4v) is 6.86. The van der Waals surface area contributed by atoms with Crippen LogP contribution in [0.5, 0.6) is 0 Å². The van der Waals surface area contributed by atoms with E-state index in [1.54, 1.807) is 0 Å². The molecule has 7 heteroatoms. The van der Waals surface area contributed by atoms with Gasteiger partial charge in [-0.25, -0.2) is 0 Å². The minimum Gasteiger partial charge on any atom is -0.399 e. The zero-order valence-corrected chi connectivity index (χ0v) is 25.0. The molecule has 0 bridgehead atoms. The molecule has 1 fully saturated rings. The molecule has 1 heterocycles. The third kappa shape index (κ3) is 7.50. The predicted molar refractivity (Wildman–Crippen MR) is 164 cm³/mol. The van der Waals surface area contributed by atoms with E-state index in [0.29, 0.717) is 12.1 Å². The van der Waals surface area contributed by atoms with Gasteiger partial charge in [0.1, 0.15) is 6.23 Å².